The summed E-state index contributed by atoms with van der Waals surface area (Å²) in [5, 5.41) is 8.20. The molecule has 0 aliphatic heterocycles. The molecule has 0 aliphatic rings. The van der Waals surface area contributed by atoms with Crippen molar-refractivity contribution < 1.29 is 33.3 Å². The van der Waals surface area contributed by atoms with Gasteiger partial charge in [0.1, 0.15) is 11.8 Å². The monoisotopic (exact) mass is 505 g/mol. The number of nitrogens with one attached hydrogen (secondary N) is 3. The van der Waals surface area contributed by atoms with Gasteiger partial charge in [0.15, 0.2) is 0 Å². The van der Waals surface area contributed by atoms with E-state index in [1.165, 1.54) is 24.6 Å². The van der Waals surface area contributed by atoms with Crippen LogP contribution in [-0.2, 0) is 31.8 Å². The molecule has 35 heavy (non-hydrogen) atoms. The van der Waals surface area contributed by atoms with Gasteiger partial charge in [0.25, 0.3) is 0 Å². The highest BCUT2D eigenvalue weighted by molar-refractivity contribution is 7.46. The summed E-state index contributed by atoms with van der Waals surface area (Å²) in [7, 11) is -4.66. The molecule has 0 saturated heterocycles. The van der Waals surface area contributed by atoms with Gasteiger partial charge in [-0.25, -0.2) is 4.57 Å². The SMILES string of the molecule is CC(=O)N[C@@H](Cc1ccc(OP(=O)(O)O)cc1)C(=O)NCCCC(=O)NCCCc1ccccc1. The Morgan fingerprint density at radius 2 is 1.57 bits per heavy atom. The molecule has 0 aromatic heterocycles. The van der Waals surface area contributed by atoms with Gasteiger partial charge in [0, 0.05) is 32.9 Å². The lowest BCUT2D eigenvalue weighted by atomic mass is 10.0. The number of hydrogen-bond donors (Lipinski definition) is 5. The number of hydrogen-bond acceptors (Lipinski definition) is 5. The summed E-state index contributed by atoms with van der Waals surface area (Å²) in [4.78, 5) is 53.8. The Morgan fingerprint density at radius 1 is 0.914 bits per heavy atom. The molecule has 10 nitrogen and oxygen atoms in total. The summed E-state index contributed by atoms with van der Waals surface area (Å²) in [6.45, 7) is 2.17. The van der Waals surface area contributed by atoms with Crippen molar-refractivity contribution in [2.45, 2.75) is 45.1 Å². The number of carbonyl (C=O) groups excluding carboxylic acids is 3. The lowest BCUT2D eigenvalue weighted by Crippen LogP contribution is -2.47. The van der Waals surface area contributed by atoms with Crippen LogP contribution in [0.4, 0.5) is 0 Å². The average molecular weight is 506 g/mol. The number of benzene rings is 2. The summed E-state index contributed by atoms with van der Waals surface area (Å²) in [6.07, 6.45) is 2.64. The minimum atomic E-state index is -4.66. The van der Waals surface area contributed by atoms with Crippen molar-refractivity contribution in [1.29, 1.82) is 0 Å². The van der Waals surface area contributed by atoms with E-state index in [9.17, 15) is 18.9 Å². The van der Waals surface area contributed by atoms with E-state index in [2.05, 4.69) is 32.6 Å². The number of phosphoric ester groups is 1. The molecule has 2 aromatic carbocycles. The van der Waals surface area contributed by atoms with E-state index in [0.717, 1.165) is 12.8 Å². The van der Waals surface area contributed by atoms with Crippen LogP contribution < -0.4 is 20.5 Å². The van der Waals surface area contributed by atoms with Gasteiger partial charge >= 0.3 is 7.82 Å². The quantitative estimate of drug-likeness (QED) is 0.194. The van der Waals surface area contributed by atoms with Crippen molar-refractivity contribution in [2.75, 3.05) is 13.1 Å². The van der Waals surface area contributed by atoms with Crippen molar-refractivity contribution in [3.05, 3.63) is 65.7 Å². The fraction of sp³-hybridized carbons (Fsp3) is 0.375. The molecule has 3 amide bonds. The summed E-state index contributed by atoms with van der Waals surface area (Å²) in [5.41, 5.74) is 1.88. The summed E-state index contributed by atoms with van der Waals surface area (Å²) < 4.78 is 15.4. The van der Waals surface area contributed by atoms with E-state index < -0.39 is 13.9 Å². The molecule has 11 heteroatoms. The van der Waals surface area contributed by atoms with Crippen LogP contribution in [0.5, 0.6) is 5.75 Å². The van der Waals surface area contributed by atoms with E-state index in [1.54, 1.807) is 12.1 Å². The van der Waals surface area contributed by atoms with Crippen LogP contribution in [-0.4, -0.2) is 46.6 Å². The largest absolute Gasteiger partial charge is 0.524 e. The maximum Gasteiger partial charge on any atom is 0.524 e. The molecule has 5 N–H and O–H groups in total. The van der Waals surface area contributed by atoms with Crippen molar-refractivity contribution in [3.8, 4) is 5.75 Å². The van der Waals surface area contributed by atoms with Gasteiger partial charge in [-0.15, -0.1) is 0 Å². The zero-order chi connectivity index (χ0) is 25.7. The molecule has 0 saturated carbocycles. The Balaban J connectivity index is 1.71. The zero-order valence-corrected chi connectivity index (χ0v) is 20.5. The Labute approximate surface area is 204 Å². The summed E-state index contributed by atoms with van der Waals surface area (Å²) in [5.74, 6) is -0.857. The average Bonchev–Trinajstić information content (AvgIpc) is 2.79. The van der Waals surface area contributed by atoms with Gasteiger partial charge in [-0.2, -0.15) is 0 Å². The first-order valence-corrected chi connectivity index (χ1v) is 12.8. The van der Waals surface area contributed by atoms with E-state index >= 15 is 0 Å². The second-order valence-corrected chi connectivity index (χ2v) is 9.18. The van der Waals surface area contributed by atoms with Crippen molar-refractivity contribution in [3.63, 3.8) is 0 Å². The minimum Gasteiger partial charge on any atom is -0.404 e. The third-order valence-corrected chi connectivity index (χ3v) is 5.42. The van der Waals surface area contributed by atoms with Crippen molar-refractivity contribution in [1.82, 2.24) is 16.0 Å². The molecule has 0 bridgehead atoms. The van der Waals surface area contributed by atoms with Gasteiger partial charge in [0.2, 0.25) is 17.7 Å². The lowest BCUT2D eigenvalue weighted by molar-refractivity contribution is -0.128. The standard InChI is InChI=1S/C24H32N3O7P/c1-18(28)27-22(17-20-11-13-21(14-12-20)34-35(31,32)33)24(30)26-16-6-10-23(29)25-15-5-9-19-7-3-2-4-8-19/h2-4,7-8,11-14,22H,5-6,9-10,15-17H2,1H3,(H,25,29)(H,26,30)(H,27,28)(H2,31,32,33)/t22-/m0/s1. The van der Waals surface area contributed by atoms with Crippen LogP contribution in [0.1, 0.15) is 37.3 Å². The molecule has 2 rings (SSSR count). The molecule has 190 valence electrons. The van der Waals surface area contributed by atoms with Gasteiger partial charge in [0.05, 0.1) is 0 Å². The van der Waals surface area contributed by atoms with Gasteiger partial charge < -0.3 is 20.5 Å². The molecule has 0 heterocycles. The summed E-state index contributed by atoms with van der Waals surface area (Å²) in [6, 6.07) is 15.0. The number of aryl methyl sites for hydroxylation is 1. The van der Waals surface area contributed by atoms with Crippen LogP contribution in [0.3, 0.4) is 0 Å². The summed E-state index contributed by atoms with van der Waals surface area (Å²) >= 11 is 0. The first-order chi connectivity index (χ1) is 16.6. The van der Waals surface area contributed by atoms with Gasteiger partial charge in [-0.1, -0.05) is 42.5 Å². The molecule has 0 fully saturated rings. The fourth-order valence-corrected chi connectivity index (χ4v) is 3.75. The number of carbonyl (C=O) groups is 3. The second-order valence-electron chi connectivity index (χ2n) is 8.02. The fourth-order valence-electron chi connectivity index (χ4n) is 3.35. The third kappa shape index (κ3) is 12.2. The molecule has 0 aliphatic carbocycles. The predicted octanol–water partition coefficient (Wildman–Crippen LogP) is 1.85. The highest BCUT2D eigenvalue weighted by atomic mass is 31.2. The first-order valence-electron chi connectivity index (χ1n) is 11.3. The molecule has 0 spiro atoms. The Hall–Kier alpha value is -3.20. The predicted molar refractivity (Wildman–Crippen MR) is 130 cm³/mol. The van der Waals surface area contributed by atoms with Crippen LogP contribution >= 0.6 is 7.82 Å². The van der Waals surface area contributed by atoms with E-state index in [-0.39, 0.29) is 42.9 Å². The van der Waals surface area contributed by atoms with Gasteiger partial charge in [-0.3, -0.25) is 24.2 Å². The van der Waals surface area contributed by atoms with Crippen molar-refractivity contribution >= 4 is 25.5 Å². The van der Waals surface area contributed by atoms with Crippen LogP contribution in [0.2, 0.25) is 0 Å². The molecular formula is C24H32N3O7P. The highest BCUT2D eigenvalue weighted by Crippen LogP contribution is 2.37. The Bertz CT molecular complexity index is 1010. The Morgan fingerprint density at radius 3 is 2.20 bits per heavy atom. The van der Waals surface area contributed by atoms with E-state index in [4.69, 9.17) is 9.79 Å². The van der Waals surface area contributed by atoms with Gasteiger partial charge in [-0.05, 0) is 42.5 Å². The van der Waals surface area contributed by atoms with E-state index in [1.807, 2.05) is 18.2 Å². The van der Waals surface area contributed by atoms with Crippen LogP contribution in [0, 0.1) is 0 Å². The highest BCUT2D eigenvalue weighted by Gasteiger charge is 2.20. The number of amides is 3. The lowest BCUT2D eigenvalue weighted by Gasteiger charge is -2.18. The third-order valence-electron chi connectivity index (χ3n) is 4.97. The van der Waals surface area contributed by atoms with Crippen LogP contribution in [0.25, 0.3) is 0 Å². The maximum atomic E-state index is 12.6. The molecule has 2 aromatic rings. The second kappa shape index (κ2) is 14.3. The number of rotatable bonds is 14. The smallest absolute Gasteiger partial charge is 0.404 e. The molecule has 0 radical (unpaired) electrons. The van der Waals surface area contributed by atoms with E-state index in [0.29, 0.717) is 18.5 Å². The maximum absolute atomic E-state index is 12.6. The normalized spacial score (nSPS) is 11.9. The molecule has 0 unspecified atom stereocenters. The zero-order valence-electron chi connectivity index (χ0n) is 19.6. The number of phosphoric acid groups is 1. The minimum absolute atomic E-state index is 0.0130. The van der Waals surface area contributed by atoms with Crippen molar-refractivity contribution in [2.24, 2.45) is 0 Å². The topological polar surface area (TPSA) is 154 Å². The molecule has 1 atom stereocenters. The first kappa shape index (κ1) is 28.0. The van der Waals surface area contributed by atoms with Crippen LogP contribution in [0.15, 0.2) is 54.6 Å². The molecular weight excluding hydrogens is 473 g/mol. The Kier molecular flexibility index (Phi) is 11.4.